The summed E-state index contributed by atoms with van der Waals surface area (Å²) in [7, 11) is 0. The number of carbonyl (C=O) groups excluding carboxylic acids is 2. The summed E-state index contributed by atoms with van der Waals surface area (Å²) in [4.78, 5) is 23.5. The number of esters is 1. The Bertz CT molecular complexity index is 342. The van der Waals surface area contributed by atoms with Crippen LogP contribution in [0.3, 0.4) is 0 Å². The molecule has 2 unspecified atom stereocenters. The molecule has 0 radical (unpaired) electrons. The van der Waals surface area contributed by atoms with Crippen molar-refractivity contribution in [3.63, 3.8) is 0 Å². The lowest BCUT2D eigenvalue weighted by Crippen LogP contribution is -2.50. The Kier molecular flexibility index (Phi) is 6.64. The van der Waals surface area contributed by atoms with Crippen LogP contribution in [0.5, 0.6) is 0 Å². The van der Waals surface area contributed by atoms with Gasteiger partial charge >= 0.3 is 5.97 Å². The van der Waals surface area contributed by atoms with E-state index in [0.29, 0.717) is 0 Å². The minimum atomic E-state index is -0.820. The lowest BCUT2D eigenvalue weighted by atomic mass is 10.2. The van der Waals surface area contributed by atoms with Crippen molar-refractivity contribution in [2.45, 2.75) is 71.8 Å². The molecule has 1 amide bonds. The van der Waals surface area contributed by atoms with E-state index in [2.05, 4.69) is 5.32 Å². The van der Waals surface area contributed by atoms with Gasteiger partial charge < -0.3 is 20.5 Å². The summed E-state index contributed by atoms with van der Waals surface area (Å²) in [5, 5.41) is 2.52. The Labute approximate surface area is 121 Å². The molecule has 0 aromatic carbocycles. The zero-order valence-electron chi connectivity index (χ0n) is 13.6. The lowest BCUT2D eigenvalue weighted by Gasteiger charge is -2.24. The summed E-state index contributed by atoms with van der Waals surface area (Å²) in [5.41, 5.74) is 4.75. The molecule has 6 heteroatoms. The van der Waals surface area contributed by atoms with Crippen molar-refractivity contribution >= 4 is 11.9 Å². The number of ether oxygens (including phenoxy) is 2. The third-order valence-corrected chi connectivity index (χ3v) is 2.15. The van der Waals surface area contributed by atoms with Crippen molar-refractivity contribution in [2.24, 2.45) is 5.73 Å². The van der Waals surface area contributed by atoms with Gasteiger partial charge in [0, 0.05) is 0 Å². The van der Waals surface area contributed by atoms with Gasteiger partial charge in [-0.05, 0) is 48.5 Å². The second kappa shape index (κ2) is 7.04. The molecule has 6 nitrogen and oxygen atoms in total. The fourth-order valence-electron chi connectivity index (χ4n) is 1.18. The van der Waals surface area contributed by atoms with E-state index in [4.69, 9.17) is 15.2 Å². The Morgan fingerprint density at radius 1 is 1.10 bits per heavy atom. The number of rotatable bonds is 5. The molecule has 0 aliphatic heterocycles. The van der Waals surface area contributed by atoms with Crippen LogP contribution in [0.25, 0.3) is 0 Å². The first-order valence-corrected chi connectivity index (χ1v) is 6.74. The van der Waals surface area contributed by atoms with Gasteiger partial charge in [0.2, 0.25) is 5.91 Å². The molecule has 0 fully saturated rings. The number of hydrogen-bond donors (Lipinski definition) is 2. The third kappa shape index (κ3) is 8.87. The fourth-order valence-corrected chi connectivity index (χ4v) is 1.18. The summed E-state index contributed by atoms with van der Waals surface area (Å²) in [6, 6.07) is -1.57. The summed E-state index contributed by atoms with van der Waals surface area (Å²) in [6.07, 6.45) is 0. The molecule has 0 saturated heterocycles. The van der Waals surface area contributed by atoms with Crippen molar-refractivity contribution in [2.75, 3.05) is 6.61 Å². The van der Waals surface area contributed by atoms with Crippen LogP contribution in [-0.4, -0.2) is 41.8 Å². The molecule has 0 aliphatic carbocycles. The first kappa shape index (κ1) is 18.9. The molecule has 0 bridgehead atoms. The minimum absolute atomic E-state index is 0.0936. The van der Waals surface area contributed by atoms with Gasteiger partial charge in [-0.25, -0.2) is 4.79 Å². The highest BCUT2D eigenvalue weighted by molar-refractivity contribution is 5.87. The molecule has 0 spiro atoms. The van der Waals surface area contributed by atoms with Crippen LogP contribution >= 0.6 is 0 Å². The van der Waals surface area contributed by atoms with Gasteiger partial charge in [0.05, 0.1) is 12.2 Å². The highest BCUT2D eigenvalue weighted by Gasteiger charge is 2.25. The fraction of sp³-hybridized carbons (Fsp3) is 0.857. The van der Waals surface area contributed by atoms with E-state index in [1.807, 2.05) is 20.8 Å². The molecular weight excluding hydrogens is 260 g/mol. The highest BCUT2D eigenvalue weighted by Crippen LogP contribution is 2.09. The van der Waals surface area contributed by atoms with Crippen molar-refractivity contribution in [1.29, 1.82) is 0 Å². The highest BCUT2D eigenvalue weighted by atomic mass is 16.6. The van der Waals surface area contributed by atoms with Crippen LogP contribution in [0, 0.1) is 0 Å². The summed E-state index contributed by atoms with van der Waals surface area (Å²) >= 11 is 0. The Morgan fingerprint density at radius 2 is 1.60 bits per heavy atom. The van der Waals surface area contributed by atoms with Gasteiger partial charge in [0.15, 0.2) is 0 Å². The lowest BCUT2D eigenvalue weighted by molar-refractivity contribution is -0.158. The predicted molar refractivity (Wildman–Crippen MR) is 77.1 cm³/mol. The van der Waals surface area contributed by atoms with E-state index >= 15 is 0 Å². The van der Waals surface area contributed by atoms with E-state index < -0.39 is 29.6 Å². The second-order valence-electron chi connectivity index (χ2n) is 6.79. The molecule has 3 N–H and O–H groups in total. The van der Waals surface area contributed by atoms with Gasteiger partial charge in [0.1, 0.15) is 17.7 Å². The largest absolute Gasteiger partial charge is 0.458 e. The topological polar surface area (TPSA) is 90.7 Å². The monoisotopic (exact) mass is 288 g/mol. The molecule has 118 valence electrons. The first-order chi connectivity index (χ1) is 8.82. The summed E-state index contributed by atoms with van der Waals surface area (Å²) in [6.45, 7) is 12.6. The molecule has 0 saturated carbocycles. The molecular formula is C14H28N2O4. The molecule has 0 rings (SSSR count). The molecule has 0 aromatic heterocycles. The SMILES string of the molecule is CC(NC(=O)C(N)COC(C)(C)C)C(=O)OC(C)(C)C. The standard InChI is InChI=1S/C14H28N2O4/c1-9(12(18)20-14(5,6)7)16-11(17)10(15)8-19-13(2,3)4/h9-10H,8,15H2,1-7H3,(H,16,17). The van der Waals surface area contributed by atoms with Crippen LogP contribution in [0.2, 0.25) is 0 Å². The average Bonchev–Trinajstić information content (AvgIpc) is 2.22. The van der Waals surface area contributed by atoms with Gasteiger partial charge in [-0.3, -0.25) is 4.79 Å². The van der Waals surface area contributed by atoms with Crippen molar-refractivity contribution in [3.05, 3.63) is 0 Å². The molecule has 20 heavy (non-hydrogen) atoms. The van der Waals surface area contributed by atoms with Gasteiger partial charge in [-0.1, -0.05) is 0 Å². The molecule has 0 aliphatic rings. The van der Waals surface area contributed by atoms with E-state index in [0.717, 1.165) is 0 Å². The average molecular weight is 288 g/mol. The van der Waals surface area contributed by atoms with Crippen molar-refractivity contribution in [1.82, 2.24) is 5.32 Å². The number of amides is 1. The number of hydrogen-bond acceptors (Lipinski definition) is 5. The number of nitrogens with two attached hydrogens (primary N) is 1. The third-order valence-electron chi connectivity index (χ3n) is 2.15. The van der Waals surface area contributed by atoms with E-state index in [9.17, 15) is 9.59 Å². The van der Waals surface area contributed by atoms with E-state index in [1.54, 1.807) is 27.7 Å². The molecule has 0 aromatic rings. The first-order valence-electron chi connectivity index (χ1n) is 6.74. The Balaban J connectivity index is 4.28. The quantitative estimate of drug-likeness (QED) is 0.736. The van der Waals surface area contributed by atoms with E-state index in [-0.39, 0.29) is 12.2 Å². The van der Waals surface area contributed by atoms with E-state index in [1.165, 1.54) is 0 Å². The summed E-state index contributed by atoms with van der Waals surface area (Å²) in [5.74, 6) is -0.928. The van der Waals surface area contributed by atoms with Gasteiger partial charge in [-0.15, -0.1) is 0 Å². The van der Waals surface area contributed by atoms with Crippen LogP contribution < -0.4 is 11.1 Å². The summed E-state index contributed by atoms with van der Waals surface area (Å²) < 4.78 is 10.6. The number of carbonyl (C=O) groups is 2. The predicted octanol–water partition coefficient (Wildman–Crippen LogP) is 0.975. The smallest absolute Gasteiger partial charge is 0.328 e. The van der Waals surface area contributed by atoms with Crippen LogP contribution in [0.1, 0.15) is 48.5 Å². The van der Waals surface area contributed by atoms with Gasteiger partial charge in [-0.2, -0.15) is 0 Å². The van der Waals surface area contributed by atoms with Crippen LogP contribution in [0.4, 0.5) is 0 Å². The maximum Gasteiger partial charge on any atom is 0.328 e. The normalized spacial score (nSPS) is 15.4. The van der Waals surface area contributed by atoms with Crippen LogP contribution in [-0.2, 0) is 19.1 Å². The molecule has 2 atom stereocenters. The van der Waals surface area contributed by atoms with Crippen LogP contribution in [0.15, 0.2) is 0 Å². The zero-order valence-corrected chi connectivity index (χ0v) is 13.6. The second-order valence-corrected chi connectivity index (χ2v) is 6.79. The van der Waals surface area contributed by atoms with Crippen molar-refractivity contribution in [3.8, 4) is 0 Å². The van der Waals surface area contributed by atoms with Crippen molar-refractivity contribution < 1.29 is 19.1 Å². The maximum absolute atomic E-state index is 11.8. The Morgan fingerprint density at radius 3 is 2.00 bits per heavy atom. The number of nitrogens with one attached hydrogen (secondary N) is 1. The zero-order chi connectivity index (χ0) is 16.1. The Hall–Kier alpha value is -1.14. The minimum Gasteiger partial charge on any atom is -0.458 e. The maximum atomic E-state index is 11.8. The van der Waals surface area contributed by atoms with Gasteiger partial charge in [0.25, 0.3) is 0 Å². The molecule has 0 heterocycles.